The van der Waals surface area contributed by atoms with E-state index in [0.717, 1.165) is 28.0 Å². The minimum atomic E-state index is -0.936. The molecule has 1 N–H and O–H groups in total. The molecule has 0 aliphatic heterocycles. The molecular formula is C20H22O3. The third-order valence-electron chi connectivity index (χ3n) is 3.45. The Kier molecular flexibility index (Phi) is 5.22. The van der Waals surface area contributed by atoms with E-state index in [1.165, 1.54) is 0 Å². The first kappa shape index (κ1) is 16.8. The Hall–Kier alpha value is -2.55. The Labute approximate surface area is 137 Å². The van der Waals surface area contributed by atoms with Gasteiger partial charge in [0.2, 0.25) is 0 Å². The molecule has 0 fully saturated rings. The highest BCUT2D eigenvalue weighted by Crippen LogP contribution is 2.25. The van der Waals surface area contributed by atoms with Crippen molar-refractivity contribution in [3.8, 4) is 5.75 Å². The van der Waals surface area contributed by atoms with Crippen molar-refractivity contribution in [3.63, 3.8) is 0 Å². The van der Waals surface area contributed by atoms with Crippen molar-refractivity contribution in [2.45, 2.75) is 33.8 Å². The smallest absolute Gasteiger partial charge is 0.336 e. The zero-order valence-corrected chi connectivity index (χ0v) is 14.0. The monoisotopic (exact) mass is 310 g/mol. The minimum Gasteiger partial charge on any atom is -0.491 e. The number of carbonyl (C=O) groups is 1. The molecule has 0 amide bonds. The van der Waals surface area contributed by atoms with Crippen molar-refractivity contribution in [2.24, 2.45) is 0 Å². The molecular weight excluding hydrogens is 288 g/mol. The van der Waals surface area contributed by atoms with Crippen molar-refractivity contribution in [1.82, 2.24) is 0 Å². The van der Waals surface area contributed by atoms with Gasteiger partial charge < -0.3 is 9.84 Å². The van der Waals surface area contributed by atoms with Crippen molar-refractivity contribution in [1.29, 1.82) is 0 Å². The Balaban J connectivity index is 2.47. The standard InChI is InChI=1S/C20H22O3/c1-13(2)23-17-7-5-6-16(11-17)12-19(20(21)22)18-10-14(3)8-9-15(18)4/h5-13H,1-4H3,(H,21,22)/b19-12-. The highest BCUT2D eigenvalue weighted by Gasteiger charge is 2.13. The topological polar surface area (TPSA) is 46.5 Å². The molecule has 0 aromatic heterocycles. The fourth-order valence-corrected chi connectivity index (χ4v) is 2.40. The van der Waals surface area contributed by atoms with Crippen LogP contribution in [0, 0.1) is 13.8 Å². The van der Waals surface area contributed by atoms with Gasteiger partial charge in [-0.15, -0.1) is 0 Å². The maximum atomic E-state index is 11.7. The lowest BCUT2D eigenvalue weighted by atomic mass is 9.96. The van der Waals surface area contributed by atoms with Gasteiger partial charge in [0.1, 0.15) is 5.75 Å². The highest BCUT2D eigenvalue weighted by atomic mass is 16.5. The molecule has 23 heavy (non-hydrogen) atoms. The van der Waals surface area contributed by atoms with Crippen LogP contribution in [0.4, 0.5) is 0 Å². The average molecular weight is 310 g/mol. The van der Waals surface area contributed by atoms with Crippen molar-refractivity contribution >= 4 is 17.6 Å². The van der Waals surface area contributed by atoms with Gasteiger partial charge in [-0.3, -0.25) is 0 Å². The molecule has 0 atom stereocenters. The Morgan fingerprint density at radius 1 is 1.13 bits per heavy atom. The quantitative estimate of drug-likeness (QED) is 0.642. The molecule has 3 nitrogen and oxygen atoms in total. The first-order valence-corrected chi connectivity index (χ1v) is 7.66. The van der Waals surface area contributed by atoms with Crippen LogP contribution in [-0.4, -0.2) is 17.2 Å². The molecule has 0 spiro atoms. The number of aryl methyl sites for hydroxylation is 2. The summed E-state index contributed by atoms with van der Waals surface area (Å²) < 4.78 is 5.67. The van der Waals surface area contributed by atoms with Crippen LogP contribution in [0.2, 0.25) is 0 Å². The zero-order valence-electron chi connectivity index (χ0n) is 14.0. The van der Waals surface area contributed by atoms with E-state index in [4.69, 9.17) is 4.74 Å². The van der Waals surface area contributed by atoms with Gasteiger partial charge in [0, 0.05) is 0 Å². The Bertz CT molecular complexity index is 742. The summed E-state index contributed by atoms with van der Waals surface area (Å²) in [4.78, 5) is 11.7. The number of aliphatic carboxylic acids is 1. The fourth-order valence-electron chi connectivity index (χ4n) is 2.40. The van der Waals surface area contributed by atoms with Gasteiger partial charge in [-0.2, -0.15) is 0 Å². The lowest BCUT2D eigenvalue weighted by Crippen LogP contribution is -2.05. The van der Waals surface area contributed by atoms with Gasteiger partial charge in [-0.05, 0) is 62.6 Å². The molecule has 2 rings (SSSR count). The Morgan fingerprint density at radius 3 is 2.52 bits per heavy atom. The van der Waals surface area contributed by atoms with E-state index in [0.29, 0.717) is 0 Å². The maximum absolute atomic E-state index is 11.7. The summed E-state index contributed by atoms with van der Waals surface area (Å²) in [7, 11) is 0. The summed E-state index contributed by atoms with van der Waals surface area (Å²) in [6, 6.07) is 13.3. The van der Waals surface area contributed by atoms with E-state index in [1.54, 1.807) is 6.08 Å². The second kappa shape index (κ2) is 7.14. The van der Waals surface area contributed by atoms with E-state index in [2.05, 4.69) is 0 Å². The number of rotatable bonds is 5. The van der Waals surface area contributed by atoms with Gasteiger partial charge in [-0.25, -0.2) is 4.79 Å². The summed E-state index contributed by atoms with van der Waals surface area (Å²) in [6.07, 6.45) is 1.77. The molecule has 0 unspecified atom stereocenters. The van der Waals surface area contributed by atoms with Crippen LogP contribution in [-0.2, 0) is 4.79 Å². The van der Waals surface area contributed by atoms with Crippen molar-refractivity contribution in [2.75, 3.05) is 0 Å². The normalized spacial score (nSPS) is 11.6. The maximum Gasteiger partial charge on any atom is 0.336 e. The second-order valence-electron chi connectivity index (χ2n) is 5.92. The summed E-state index contributed by atoms with van der Waals surface area (Å²) in [5.41, 5.74) is 3.82. The third-order valence-corrected chi connectivity index (χ3v) is 3.45. The van der Waals surface area contributed by atoms with Gasteiger partial charge >= 0.3 is 5.97 Å². The average Bonchev–Trinajstić information content (AvgIpc) is 2.47. The molecule has 0 saturated carbocycles. The van der Waals surface area contributed by atoms with Crippen LogP contribution in [0.5, 0.6) is 5.75 Å². The molecule has 0 saturated heterocycles. The second-order valence-corrected chi connectivity index (χ2v) is 5.92. The molecule has 2 aromatic carbocycles. The Morgan fingerprint density at radius 2 is 1.87 bits per heavy atom. The first-order chi connectivity index (χ1) is 10.9. The molecule has 2 aromatic rings. The molecule has 0 heterocycles. The lowest BCUT2D eigenvalue weighted by Gasteiger charge is -2.11. The van der Waals surface area contributed by atoms with Crippen LogP contribution < -0.4 is 4.74 Å². The van der Waals surface area contributed by atoms with E-state index in [9.17, 15) is 9.90 Å². The minimum absolute atomic E-state index is 0.0761. The molecule has 3 heteroatoms. The number of hydrogen-bond acceptors (Lipinski definition) is 2. The molecule has 0 aliphatic rings. The van der Waals surface area contributed by atoms with Crippen LogP contribution in [0.3, 0.4) is 0 Å². The predicted molar refractivity (Wildman–Crippen MR) is 93.6 cm³/mol. The predicted octanol–water partition coefficient (Wildman–Crippen LogP) is 4.72. The lowest BCUT2D eigenvalue weighted by molar-refractivity contribution is -0.130. The first-order valence-electron chi connectivity index (χ1n) is 7.66. The number of carboxylic acids is 1. The summed E-state index contributed by atoms with van der Waals surface area (Å²) in [5, 5.41) is 9.62. The summed E-state index contributed by atoms with van der Waals surface area (Å²) in [6.45, 7) is 7.80. The third kappa shape index (κ3) is 4.46. The van der Waals surface area contributed by atoms with E-state index in [-0.39, 0.29) is 11.7 Å². The number of ether oxygens (including phenoxy) is 1. The summed E-state index contributed by atoms with van der Waals surface area (Å²) in [5.74, 6) is -0.201. The summed E-state index contributed by atoms with van der Waals surface area (Å²) >= 11 is 0. The van der Waals surface area contributed by atoms with Crippen LogP contribution in [0.15, 0.2) is 42.5 Å². The zero-order chi connectivity index (χ0) is 17.0. The fraction of sp³-hybridized carbons (Fsp3) is 0.250. The molecule has 0 bridgehead atoms. The van der Waals surface area contributed by atoms with E-state index < -0.39 is 5.97 Å². The van der Waals surface area contributed by atoms with E-state index in [1.807, 2.05) is 70.2 Å². The largest absolute Gasteiger partial charge is 0.491 e. The van der Waals surface area contributed by atoms with Crippen LogP contribution >= 0.6 is 0 Å². The van der Waals surface area contributed by atoms with Crippen molar-refractivity contribution in [3.05, 3.63) is 64.7 Å². The molecule has 0 radical (unpaired) electrons. The molecule has 120 valence electrons. The van der Waals surface area contributed by atoms with Crippen LogP contribution in [0.25, 0.3) is 11.6 Å². The van der Waals surface area contributed by atoms with Crippen molar-refractivity contribution < 1.29 is 14.6 Å². The number of benzene rings is 2. The van der Waals surface area contributed by atoms with Gasteiger partial charge in [0.15, 0.2) is 0 Å². The highest BCUT2D eigenvalue weighted by molar-refractivity contribution is 6.21. The van der Waals surface area contributed by atoms with Gasteiger partial charge in [0.25, 0.3) is 0 Å². The number of hydrogen-bond donors (Lipinski definition) is 1. The molecule has 0 aliphatic carbocycles. The number of carboxylic acid groups (broad SMARTS) is 1. The SMILES string of the molecule is Cc1ccc(C)c(/C(=C/c2cccc(OC(C)C)c2)C(=O)O)c1. The van der Waals surface area contributed by atoms with Gasteiger partial charge in [-0.1, -0.05) is 35.9 Å². The van der Waals surface area contributed by atoms with Crippen LogP contribution in [0.1, 0.15) is 36.1 Å². The van der Waals surface area contributed by atoms with E-state index >= 15 is 0 Å². The van der Waals surface area contributed by atoms with Gasteiger partial charge in [0.05, 0.1) is 11.7 Å².